The molecule has 0 aromatic heterocycles. The van der Waals surface area contributed by atoms with Gasteiger partial charge in [0.2, 0.25) is 23.6 Å². The first kappa shape index (κ1) is 27.9. The average molecular weight is 555 g/mol. The van der Waals surface area contributed by atoms with Gasteiger partial charge in [-0.05, 0) is 41.7 Å². The molecule has 0 saturated carbocycles. The molecule has 2 saturated heterocycles. The van der Waals surface area contributed by atoms with Gasteiger partial charge in [0.15, 0.2) is 0 Å². The van der Waals surface area contributed by atoms with Crippen LogP contribution in [0.2, 0.25) is 0 Å². The zero-order chi connectivity index (χ0) is 28.8. The second-order valence-electron chi connectivity index (χ2n) is 10.6. The van der Waals surface area contributed by atoms with Gasteiger partial charge in [-0.15, -0.1) is 0 Å². The molecule has 9 heteroatoms. The maximum atomic E-state index is 13.9. The van der Waals surface area contributed by atoms with Gasteiger partial charge in [-0.1, -0.05) is 72.8 Å². The molecule has 4 unspecified atom stereocenters. The lowest BCUT2D eigenvalue weighted by molar-refractivity contribution is -0.143. The van der Waals surface area contributed by atoms with Gasteiger partial charge in [0.05, 0.1) is 0 Å². The Bertz CT molecular complexity index is 1380. The van der Waals surface area contributed by atoms with Crippen LogP contribution in [0, 0.1) is 0 Å². The number of amides is 4. The highest BCUT2D eigenvalue weighted by Crippen LogP contribution is 2.21. The molecule has 4 N–H and O–H groups in total. The summed E-state index contributed by atoms with van der Waals surface area (Å²) in [6, 6.07) is 21.5. The van der Waals surface area contributed by atoms with Gasteiger partial charge in [0.1, 0.15) is 29.9 Å². The predicted molar refractivity (Wildman–Crippen MR) is 153 cm³/mol. The topological polar surface area (TPSA) is 128 Å². The molecule has 4 atom stereocenters. The summed E-state index contributed by atoms with van der Waals surface area (Å²) in [4.78, 5) is 56.4. The van der Waals surface area contributed by atoms with Crippen LogP contribution in [0.1, 0.15) is 29.5 Å². The lowest BCUT2D eigenvalue weighted by Crippen LogP contribution is -2.62. The van der Waals surface area contributed by atoms with Gasteiger partial charge < -0.3 is 26.0 Å². The molecule has 0 aliphatic carbocycles. The molecule has 2 fully saturated rings. The fourth-order valence-corrected chi connectivity index (χ4v) is 5.50. The van der Waals surface area contributed by atoms with Crippen molar-refractivity contribution in [1.29, 1.82) is 0 Å². The molecule has 5 rings (SSSR count). The first-order valence-electron chi connectivity index (χ1n) is 13.9. The van der Waals surface area contributed by atoms with Crippen molar-refractivity contribution >= 4 is 23.6 Å². The van der Waals surface area contributed by atoms with Crippen molar-refractivity contribution in [1.82, 2.24) is 20.9 Å². The van der Waals surface area contributed by atoms with E-state index in [0.29, 0.717) is 19.4 Å². The smallest absolute Gasteiger partial charge is 0.246 e. The number of fused-ring (bicyclic) bond motifs is 1. The van der Waals surface area contributed by atoms with Crippen molar-refractivity contribution in [2.24, 2.45) is 0 Å². The minimum atomic E-state index is -0.982. The molecule has 2 aliphatic heterocycles. The molecule has 212 valence electrons. The Kier molecular flexibility index (Phi) is 8.62. The van der Waals surface area contributed by atoms with E-state index < -0.39 is 36.0 Å². The number of nitrogens with one attached hydrogen (secondary N) is 3. The van der Waals surface area contributed by atoms with Crippen molar-refractivity contribution in [3.63, 3.8) is 0 Å². The standard InChI is InChI=1S/C32H34N4O5/c37-24-15-13-23(14-16-24)20-27-32(41)36-17-7-12-28(36)31(40)34-26(19-22-10-5-2-6-11-22)29(38)33-25(30(39)35-27)18-21-8-3-1-4-9-21/h1-6,8-11,13-16,25-28,37H,7,12,17-20H2,(H,33,38)(H,34,40)(H,35,39). The van der Waals surface area contributed by atoms with Gasteiger partial charge in [-0.3, -0.25) is 19.2 Å². The number of rotatable bonds is 6. The summed E-state index contributed by atoms with van der Waals surface area (Å²) in [6.07, 6.45) is 1.71. The highest BCUT2D eigenvalue weighted by molar-refractivity contribution is 5.98. The summed E-state index contributed by atoms with van der Waals surface area (Å²) in [5, 5.41) is 18.4. The normalized spacial score (nSPS) is 23.5. The largest absolute Gasteiger partial charge is 0.508 e. The van der Waals surface area contributed by atoms with Crippen molar-refractivity contribution in [2.75, 3.05) is 6.54 Å². The van der Waals surface area contributed by atoms with Gasteiger partial charge in [-0.25, -0.2) is 0 Å². The molecule has 41 heavy (non-hydrogen) atoms. The van der Waals surface area contributed by atoms with Crippen LogP contribution >= 0.6 is 0 Å². The molecule has 2 heterocycles. The van der Waals surface area contributed by atoms with E-state index in [1.54, 1.807) is 12.1 Å². The molecule has 2 aliphatic rings. The summed E-state index contributed by atoms with van der Waals surface area (Å²) in [7, 11) is 0. The van der Waals surface area contributed by atoms with E-state index in [9.17, 15) is 24.3 Å². The first-order valence-corrected chi connectivity index (χ1v) is 13.9. The highest BCUT2D eigenvalue weighted by atomic mass is 16.3. The van der Waals surface area contributed by atoms with Crippen LogP contribution in [0.5, 0.6) is 5.75 Å². The monoisotopic (exact) mass is 554 g/mol. The van der Waals surface area contributed by atoms with E-state index in [1.165, 1.54) is 17.0 Å². The fraction of sp³-hybridized carbons (Fsp3) is 0.312. The van der Waals surface area contributed by atoms with E-state index in [4.69, 9.17) is 0 Å². The summed E-state index contributed by atoms with van der Waals surface area (Å²) in [5.74, 6) is -1.60. The van der Waals surface area contributed by atoms with E-state index >= 15 is 0 Å². The Morgan fingerprint density at radius 3 is 1.63 bits per heavy atom. The van der Waals surface area contributed by atoms with Crippen LogP contribution in [-0.4, -0.2) is 64.3 Å². The third-order valence-electron chi connectivity index (χ3n) is 7.66. The van der Waals surface area contributed by atoms with Gasteiger partial charge in [0, 0.05) is 25.8 Å². The SMILES string of the molecule is O=C1NC(Cc2ccc(O)cc2)C(=O)N2CCCC2C(=O)NC(Cc2ccccc2)C(=O)NC1Cc1ccccc1. The van der Waals surface area contributed by atoms with Crippen molar-refractivity contribution in [3.05, 3.63) is 102 Å². The lowest BCUT2D eigenvalue weighted by atomic mass is 9.99. The predicted octanol–water partition coefficient (Wildman–Crippen LogP) is 1.88. The molecule has 4 amide bonds. The lowest BCUT2D eigenvalue weighted by Gasteiger charge is -2.32. The van der Waals surface area contributed by atoms with Gasteiger partial charge >= 0.3 is 0 Å². The number of carbonyl (C=O) groups excluding carboxylic acids is 4. The summed E-state index contributed by atoms with van der Waals surface area (Å²) < 4.78 is 0. The molecule has 0 bridgehead atoms. The summed E-state index contributed by atoms with van der Waals surface area (Å²) in [6.45, 7) is 0.377. The van der Waals surface area contributed by atoms with E-state index in [2.05, 4.69) is 16.0 Å². The van der Waals surface area contributed by atoms with Crippen LogP contribution < -0.4 is 16.0 Å². The van der Waals surface area contributed by atoms with Crippen LogP contribution in [0.4, 0.5) is 0 Å². The molecule has 9 nitrogen and oxygen atoms in total. The van der Waals surface area contributed by atoms with Gasteiger partial charge in [0.25, 0.3) is 0 Å². The van der Waals surface area contributed by atoms with Crippen molar-refractivity contribution < 1.29 is 24.3 Å². The number of aromatic hydroxyl groups is 1. The van der Waals surface area contributed by atoms with Crippen LogP contribution in [0.25, 0.3) is 0 Å². The second-order valence-corrected chi connectivity index (χ2v) is 10.6. The number of hydrogen-bond acceptors (Lipinski definition) is 5. The summed E-state index contributed by atoms with van der Waals surface area (Å²) in [5.41, 5.74) is 2.43. The zero-order valence-corrected chi connectivity index (χ0v) is 22.7. The number of carbonyl (C=O) groups is 4. The minimum Gasteiger partial charge on any atom is -0.508 e. The quantitative estimate of drug-likeness (QED) is 0.370. The van der Waals surface area contributed by atoms with Crippen LogP contribution in [-0.2, 0) is 38.4 Å². The number of benzene rings is 3. The number of phenols is 1. The third kappa shape index (κ3) is 6.92. The van der Waals surface area contributed by atoms with E-state index in [0.717, 1.165) is 16.7 Å². The maximum absolute atomic E-state index is 13.9. The molecule has 3 aromatic carbocycles. The first-order chi connectivity index (χ1) is 19.9. The molecular formula is C32H34N4O5. The summed E-state index contributed by atoms with van der Waals surface area (Å²) >= 11 is 0. The van der Waals surface area contributed by atoms with Crippen molar-refractivity contribution in [3.8, 4) is 5.75 Å². The fourth-order valence-electron chi connectivity index (χ4n) is 5.50. The molecule has 3 aromatic rings. The Morgan fingerprint density at radius 1 is 0.610 bits per heavy atom. The third-order valence-corrected chi connectivity index (χ3v) is 7.66. The van der Waals surface area contributed by atoms with Crippen molar-refractivity contribution in [2.45, 2.75) is 56.3 Å². The van der Waals surface area contributed by atoms with E-state index in [1.807, 2.05) is 60.7 Å². The van der Waals surface area contributed by atoms with E-state index in [-0.39, 0.29) is 36.8 Å². The highest BCUT2D eigenvalue weighted by Gasteiger charge is 2.40. The number of phenolic OH excluding ortho intramolecular Hbond substituents is 1. The molecule has 0 spiro atoms. The number of hydrogen-bond donors (Lipinski definition) is 4. The Morgan fingerprint density at radius 2 is 1.07 bits per heavy atom. The minimum absolute atomic E-state index is 0.0924. The number of nitrogens with zero attached hydrogens (tertiary/aromatic N) is 1. The molecular weight excluding hydrogens is 520 g/mol. The Labute approximate surface area is 238 Å². The van der Waals surface area contributed by atoms with Gasteiger partial charge in [-0.2, -0.15) is 0 Å². The zero-order valence-electron chi connectivity index (χ0n) is 22.7. The van der Waals surface area contributed by atoms with Crippen LogP contribution in [0.3, 0.4) is 0 Å². The molecule has 0 radical (unpaired) electrons. The second kappa shape index (κ2) is 12.7. The van der Waals surface area contributed by atoms with Crippen LogP contribution in [0.15, 0.2) is 84.9 Å². The Hall–Kier alpha value is -4.66. The maximum Gasteiger partial charge on any atom is 0.246 e. The Balaban J connectivity index is 1.48. The average Bonchev–Trinajstić information content (AvgIpc) is 3.48.